The normalized spacial score (nSPS) is 12.6. The van der Waals surface area contributed by atoms with Gasteiger partial charge in [0.15, 0.2) is 5.82 Å². The Labute approximate surface area is 84.4 Å². The zero-order valence-corrected chi connectivity index (χ0v) is 9.00. The lowest BCUT2D eigenvalue weighted by molar-refractivity contribution is -0.117. The molecule has 0 aromatic carbocycles. The molecule has 0 radical (unpaired) electrons. The molecule has 1 unspecified atom stereocenters. The van der Waals surface area contributed by atoms with Crippen molar-refractivity contribution >= 4 is 27.7 Å². The molecule has 0 spiro atoms. The molecule has 0 fully saturated rings. The second kappa shape index (κ2) is 3.89. The molecule has 0 aliphatic rings. The van der Waals surface area contributed by atoms with Gasteiger partial charge in [-0.2, -0.15) is 5.10 Å². The Balaban J connectivity index is 2.70. The minimum atomic E-state index is -0.527. The first-order valence-corrected chi connectivity index (χ1v) is 4.56. The molecule has 1 rings (SSSR count). The van der Waals surface area contributed by atoms with Gasteiger partial charge in [0.25, 0.3) is 0 Å². The highest BCUT2D eigenvalue weighted by molar-refractivity contribution is 9.10. The fourth-order valence-corrected chi connectivity index (χ4v) is 1.04. The zero-order valence-electron chi connectivity index (χ0n) is 7.41. The number of aryl methyl sites for hydroxylation is 1. The van der Waals surface area contributed by atoms with E-state index < -0.39 is 6.04 Å². The lowest BCUT2D eigenvalue weighted by atomic mass is 10.3. The van der Waals surface area contributed by atoms with Gasteiger partial charge in [-0.15, -0.1) is 0 Å². The fourth-order valence-electron chi connectivity index (χ4n) is 0.746. The Hall–Kier alpha value is -0.880. The number of aromatic nitrogens is 2. The number of hydrogen-bond donors (Lipinski definition) is 2. The largest absolute Gasteiger partial charge is 0.320 e. The molecule has 1 heterocycles. The third-order valence-corrected chi connectivity index (χ3v) is 2.23. The van der Waals surface area contributed by atoms with Crippen LogP contribution in [0.1, 0.15) is 6.92 Å². The number of nitrogens with zero attached hydrogens (tertiary/aromatic N) is 2. The Kier molecular flexibility index (Phi) is 3.05. The number of hydrogen-bond acceptors (Lipinski definition) is 3. The van der Waals surface area contributed by atoms with E-state index >= 15 is 0 Å². The quantitative estimate of drug-likeness (QED) is 0.797. The fraction of sp³-hybridized carbons (Fsp3) is 0.429. The third-order valence-electron chi connectivity index (χ3n) is 1.49. The molecule has 0 aliphatic carbocycles. The molecule has 5 nitrogen and oxygen atoms in total. The predicted octanol–water partition coefficient (Wildman–Crippen LogP) is 0.468. The van der Waals surface area contributed by atoms with E-state index in [4.69, 9.17) is 5.73 Å². The molecule has 0 saturated carbocycles. The predicted molar refractivity (Wildman–Crippen MR) is 53.2 cm³/mol. The summed E-state index contributed by atoms with van der Waals surface area (Å²) >= 11 is 3.26. The maximum absolute atomic E-state index is 11.1. The summed E-state index contributed by atoms with van der Waals surface area (Å²) in [6.45, 7) is 1.62. The summed E-state index contributed by atoms with van der Waals surface area (Å²) in [7, 11) is 1.77. The topological polar surface area (TPSA) is 72.9 Å². The van der Waals surface area contributed by atoms with Gasteiger partial charge in [0.2, 0.25) is 5.91 Å². The molecule has 72 valence electrons. The van der Waals surface area contributed by atoms with Crippen molar-refractivity contribution in [1.82, 2.24) is 9.78 Å². The summed E-state index contributed by atoms with van der Waals surface area (Å²) in [6.07, 6.45) is 0. The van der Waals surface area contributed by atoms with Crippen LogP contribution in [0, 0.1) is 0 Å². The second-order valence-corrected chi connectivity index (χ2v) is 3.57. The zero-order chi connectivity index (χ0) is 10.0. The minimum Gasteiger partial charge on any atom is -0.320 e. The van der Waals surface area contributed by atoms with Crippen LogP contribution in [0.15, 0.2) is 10.7 Å². The standard InChI is InChI=1S/C7H11BrN4O/c1-4(9)7(13)10-6-3-5(8)12(2)11-6/h3-4H,9H2,1-2H3,(H,10,11,13). The number of carbonyl (C=O) groups is 1. The molecule has 6 heteroatoms. The van der Waals surface area contributed by atoms with Crippen molar-refractivity contribution in [2.45, 2.75) is 13.0 Å². The van der Waals surface area contributed by atoms with E-state index in [2.05, 4.69) is 26.3 Å². The highest BCUT2D eigenvalue weighted by Crippen LogP contribution is 2.13. The number of anilines is 1. The van der Waals surface area contributed by atoms with Crippen LogP contribution in [-0.2, 0) is 11.8 Å². The van der Waals surface area contributed by atoms with Gasteiger partial charge in [-0.25, -0.2) is 0 Å². The smallest absolute Gasteiger partial charge is 0.242 e. The first-order valence-electron chi connectivity index (χ1n) is 3.76. The summed E-state index contributed by atoms with van der Waals surface area (Å²) in [4.78, 5) is 11.1. The van der Waals surface area contributed by atoms with Gasteiger partial charge < -0.3 is 11.1 Å². The van der Waals surface area contributed by atoms with Crippen LogP contribution in [-0.4, -0.2) is 21.7 Å². The number of amides is 1. The van der Waals surface area contributed by atoms with Gasteiger partial charge in [0, 0.05) is 13.1 Å². The van der Waals surface area contributed by atoms with Crippen molar-refractivity contribution in [1.29, 1.82) is 0 Å². The summed E-state index contributed by atoms with van der Waals surface area (Å²) in [5.74, 6) is 0.252. The first kappa shape index (κ1) is 10.2. The van der Waals surface area contributed by atoms with E-state index in [-0.39, 0.29) is 5.91 Å². The van der Waals surface area contributed by atoms with E-state index in [1.165, 1.54) is 0 Å². The number of carbonyl (C=O) groups excluding carboxylic acids is 1. The van der Waals surface area contributed by atoms with Crippen LogP contribution in [0.5, 0.6) is 0 Å². The van der Waals surface area contributed by atoms with Crippen molar-refractivity contribution in [2.24, 2.45) is 12.8 Å². The molecule has 0 saturated heterocycles. The van der Waals surface area contributed by atoms with Crippen molar-refractivity contribution < 1.29 is 4.79 Å². The molecule has 1 atom stereocenters. The van der Waals surface area contributed by atoms with E-state index in [9.17, 15) is 4.79 Å². The first-order chi connectivity index (χ1) is 6.00. The molecular weight excluding hydrogens is 236 g/mol. The van der Waals surface area contributed by atoms with Crippen molar-refractivity contribution in [3.05, 3.63) is 10.7 Å². The SMILES string of the molecule is CC(N)C(=O)Nc1cc(Br)n(C)n1. The minimum absolute atomic E-state index is 0.245. The average Bonchev–Trinajstić information content (AvgIpc) is 2.31. The Morgan fingerprint density at radius 1 is 1.85 bits per heavy atom. The van der Waals surface area contributed by atoms with Crippen molar-refractivity contribution in [2.75, 3.05) is 5.32 Å². The molecular formula is C7H11BrN4O. The van der Waals surface area contributed by atoms with E-state index in [1.807, 2.05) is 0 Å². The average molecular weight is 247 g/mol. The lowest BCUT2D eigenvalue weighted by Crippen LogP contribution is -2.32. The van der Waals surface area contributed by atoms with Crippen LogP contribution in [0.2, 0.25) is 0 Å². The van der Waals surface area contributed by atoms with Crippen LogP contribution < -0.4 is 11.1 Å². The van der Waals surface area contributed by atoms with E-state index in [0.717, 1.165) is 4.60 Å². The molecule has 0 aliphatic heterocycles. The highest BCUT2D eigenvalue weighted by Gasteiger charge is 2.09. The second-order valence-electron chi connectivity index (χ2n) is 2.75. The summed E-state index contributed by atoms with van der Waals surface area (Å²) in [5.41, 5.74) is 5.37. The Morgan fingerprint density at radius 3 is 2.85 bits per heavy atom. The van der Waals surface area contributed by atoms with Gasteiger partial charge in [-0.3, -0.25) is 9.48 Å². The van der Waals surface area contributed by atoms with Gasteiger partial charge in [0.1, 0.15) is 4.60 Å². The maximum Gasteiger partial charge on any atom is 0.242 e. The molecule has 1 aromatic rings. The Morgan fingerprint density at radius 2 is 2.46 bits per heavy atom. The molecule has 3 N–H and O–H groups in total. The van der Waals surface area contributed by atoms with Crippen LogP contribution >= 0.6 is 15.9 Å². The maximum atomic E-state index is 11.1. The summed E-state index contributed by atoms with van der Waals surface area (Å²) in [6, 6.07) is 1.18. The number of rotatable bonds is 2. The number of nitrogens with one attached hydrogen (secondary N) is 1. The van der Waals surface area contributed by atoms with Crippen molar-refractivity contribution in [3.8, 4) is 0 Å². The third kappa shape index (κ3) is 2.53. The molecule has 0 bridgehead atoms. The van der Waals surface area contributed by atoms with E-state index in [1.54, 1.807) is 24.7 Å². The van der Waals surface area contributed by atoms with Crippen molar-refractivity contribution in [3.63, 3.8) is 0 Å². The van der Waals surface area contributed by atoms with Crippen LogP contribution in [0.4, 0.5) is 5.82 Å². The van der Waals surface area contributed by atoms with E-state index in [0.29, 0.717) is 5.82 Å². The van der Waals surface area contributed by atoms with Crippen LogP contribution in [0.3, 0.4) is 0 Å². The van der Waals surface area contributed by atoms with Gasteiger partial charge in [0.05, 0.1) is 6.04 Å². The summed E-state index contributed by atoms with van der Waals surface area (Å²) in [5, 5.41) is 6.59. The molecule has 13 heavy (non-hydrogen) atoms. The number of halogens is 1. The lowest BCUT2D eigenvalue weighted by Gasteiger charge is -2.03. The van der Waals surface area contributed by atoms with Crippen LogP contribution in [0.25, 0.3) is 0 Å². The number of nitrogens with two attached hydrogens (primary N) is 1. The monoisotopic (exact) mass is 246 g/mol. The Bertz CT molecular complexity index is 301. The summed E-state index contributed by atoms with van der Waals surface area (Å²) < 4.78 is 2.41. The molecule has 1 aromatic heterocycles. The van der Waals surface area contributed by atoms with Gasteiger partial charge >= 0.3 is 0 Å². The van der Waals surface area contributed by atoms with Gasteiger partial charge in [-0.1, -0.05) is 0 Å². The molecule has 1 amide bonds. The van der Waals surface area contributed by atoms with Gasteiger partial charge in [-0.05, 0) is 22.9 Å². The highest BCUT2D eigenvalue weighted by atomic mass is 79.9.